The van der Waals surface area contributed by atoms with Gasteiger partial charge in [-0.15, -0.1) is 0 Å². The maximum Gasteiger partial charge on any atom is 0.160 e. The molecular weight excluding hydrogens is 725 g/mol. The average Bonchev–Trinajstić information content (AvgIpc) is 3.59. The van der Waals surface area contributed by atoms with Crippen molar-refractivity contribution < 1.29 is 0 Å². The van der Waals surface area contributed by atoms with Crippen LogP contribution in [0.2, 0.25) is 0 Å². The van der Waals surface area contributed by atoms with E-state index in [1.54, 1.807) is 0 Å². The molecule has 0 saturated carbocycles. The van der Waals surface area contributed by atoms with Crippen LogP contribution in [0, 0.1) is 0 Å². The molecule has 1 unspecified atom stereocenters. The van der Waals surface area contributed by atoms with E-state index in [4.69, 9.17) is 9.97 Å². The van der Waals surface area contributed by atoms with Crippen molar-refractivity contribution in [2.75, 3.05) is 0 Å². The molecule has 1 aliphatic carbocycles. The third kappa shape index (κ3) is 6.04. The van der Waals surface area contributed by atoms with E-state index in [9.17, 15) is 0 Å². The summed E-state index contributed by atoms with van der Waals surface area (Å²) in [6, 6.07) is 80.6. The van der Waals surface area contributed by atoms with Gasteiger partial charge in [-0.1, -0.05) is 206 Å². The highest BCUT2D eigenvalue weighted by molar-refractivity contribution is 6.05. The van der Waals surface area contributed by atoms with Gasteiger partial charge in [0.25, 0.3) is 0 Å². The summed E-state index contributed by atoms with van der Waals surface area (Å²) in [4.78, 5) is 10.4. The zero-order valence-corrected chi connectivity index (χ0v) is 33.3. The summed E-state index contributed by atoms with van der Waals surface area (Å²) >= 11 is 0. The molecule has 282 valence electrons. The standard InChI is InChI=1S/C58H40N2/c1-58(46-22-9-4-10-23-46)53-27-14-13-26-50(53)52-37-44(32-35-54(52)58)40-28-30-41(31-29-40)47-33-34-51(49-25-12-11-24-48(47)49)56-38-55(59-57(60-56)42-18-7-3-8-19-42)45-21-15-20-43(36-45)39-16-5-2-6-17-39/h2-38H,1H3. The highest BCUT2D eigenvalue weighted by Gasteiger charge is 2.40. The minimum Gasteiger partial charge on any atom is -0.228 e. The Hall–Kier alpha value is -7.68. The van der Waals surface area contributed by atoms with Gasteiger partial charge in [0.2, 0.25) is 0 Å². The summed E-state index contributed by atoms with van der Waals surface area (Å²) in [5.74, 6) is 0.705. The lowest BCUT2D eigenvalue weighted by atomic mass is 9.74. The largest absolute Gasteiger partial charge is 0.228 e. The number of rotatable bonds is 7. The predicted octanol–water partition coefficient (Wildman–Crippen LogP) is 15.0. The van der Waals surface area contributed by atoms with Crippen molar-refractivity contribution in [2.24, 2.45) is 0 Å². The monoisotopic (exact) mass is 764 g/mol. The van der Waals surface area contributed by atoms with Crippen molar-refractivity contribution >= 4 is 10.8 Å². The van der Waals surface area contributed by atoms with E-state index in [0.29, 0.717) is 5.82 Å². The minimum absolute atomic E-state index is 0.202. The Morgan fingerprint density at radius 3 is 1.58 bits per heavy atom. The molecule has 10 aromatic rings. The maximum absolute atomic E-state index is 5.23. The van der Waals surface area contributed by atoms with Crippen molar-refractivity contribution in [3.8, 4) is 78.4 Å². The Morgan fingerprint density at radius 1 is 0.300 bits per heavy atom. The zero-order chi connectivity index (χ0) is 40.0. The first-order valence-electron chi connectivity index (χ1n) is 20.6. The van der Waals surface area contributed by atoms with E-state index in [1.165, 1.54) is 61.0 Å². The van der Waals surface area contributed by atoms with Gasteiger partial charge in [-0.05, 0) is 97.1 Å². The number of hydrogen-bond acceptors (Lipinski definition) is 2. The molecule has 1 aliphatic rings. The molecule has 0 spiro atoms. The van der Waals surface area contributed by atoms with Crippen LogP contribution in [0.1, 0.15) is 23.6 Å². The first-order chi connectivity index (χ1) is 29.6. The molecule has 1 atom stereocenters. The number of benzene rings is 9. The van der Waals surface area contributed by atoms with Crippen LogP contribution in [0.25, 0.3) is 89.2 Å². The second-order valence-corrected chi connectivity index (χ2v) is 15.9. The molecule has 2 heteroatoms. The van der Waals surface area contributed by atoms with Gasteiger partial charge in [-0.2, -0.15) is 0 Å². The first kappa shape index (κ1) is 35.5. The van der Waals surface area contributed by atoms with Crippen LogP contribution in [0.15, 0.2) is 224 Å². The molecule has 9 aromatic carbocycles. The number of nitrogens with zero attached hydrogens (tertiary/aromatic N) is 2. The third-order valence-corrected chi connectivity index (χ3v) is 12.4. The quantitative estimate of drug-likeness (QED) is 0.162. The van der Waals surface area contributed by atoms with Crippen LogP contribution in [0.3, 0.4) is 0 Å². The van der Waals surface area contributed by atoms with E-state index >= 15 is 0 Å². The van der Waals surface area contributed by atoms with Gasteiger partial charge in [0.05, 0.1) is 11.4 Å². The highest BCUT2D eigenvalue weighted by atomic mass is 14.9. The first-order valence-corrected chi connectivity index (χ1v) is 20.6. The second kappa shape index (κ2) is 14.6. The molecule has 0 fully saturated rings. The zero-order valence-electron chi connectivity index (χ0n) is 33.3. The lowest BCUT2D eigenvalue weighted by Gasteiger charge is -2.28. The lowest BCUT2D eigenvalue weighted by Crippen LogP contribution is -2.22. The number of fused-ring (bicyclic) bond motifs is 4. The lowest BCUT2D eigenvalue weighted by molar-refractivity contribution is 0.714. The Labute approximate surface area is 351 Å². The highest BCUT2D eigenvalue weighted by Crippen LogP contribution is 2.53. The topological polar surface area (TPSA) is 25.8 Å². The van der Waals surface area contributed by atoms with Gasteiger partial charge in [0.1, 0.15) is 0 Å². The Kier molecular flexibility index (Phi) is 8.64. The molecular formula is C58H40N2. The molecule has 0 amide bonds. The van der Waals surface area contributed by atoms with E-state index in [2.05, 4.69) is 213 Å². The molecule has 1 aromatic heterocycles. The smallest absolute Gasteiger partial charge is 0.160 e. The number of aromatic nitrogens is 2. The molecule has 11 rings (SSSR count). The van der Waals surface area contributed by atoms with Crippen LogP contribution >= 0.6 is 0 Å². The van der Waals surface area contributed by atoms with Gasteiger partial charge < -0.3 is 0 Å². The maximum atomic E-state index is 5.23. The van der Waals surface area contributed by atoms with Crippen molar-refractivity contribution in [3.63, 3.8) is 0 Å². The van der Waals surface area contributed by atoms with E-state index < -0.39 is 0 Å². The molecule has 0 N–H and O–H groups in total. The van der Waals surface area contributed by atoms with Crippen molar-refractivity contribution in [3.05, 3.63) is 241 Å². The third-order valence-electron chi connectivity index (χ3n) is 12.4. The van der Waals surface area contributed by atoms with Gasteiger partial charge in [0.15, 0.2) is 5.82 Å². The van der Waals surface area contributed by atoms with Crippen LogP contribution in [-0.2, 0) is 5.41 Å². The summed E-state index contributed by atoms with van der Waals surface area (Å²) in [6.45, 7) is 2.37. The normalized spacial score (nSPS) is 14.2. The number of hydrogen-bond donors (Lipinski definition) is 0. The Bertz CT molecular complexity index is 3190. The Balaban J connectivity index is 0.973. The summed E-state index contributed by atoms with van der Waals surface area (Å²) in [5, 5.41) is 2.34. The predicted molar refractivity (Wildman–Crippen MR) is 250 cm³/mol. The average molecular weight is 765 g/mol. The SMILES string of the molecule is CC1(c2ccccc2)c2ccccc2-c2cc(-c3ccc(-c4ccc(-c5cc(-c6cccc(-c7ccccc7)c6)nc(-c6ccccc6)n5)c5ccccc45)cc3)ccc21. The van der Waals surface area contributed by atoms with E-state index in [0.717, 1.165) is 39.0 Å². The van der Waals surface area contributed by atoms with Crippen LogP contribution in [0.5, 0.6) is 0 Å². The summed E-state index contributed by atoms with van der Waals surface area (Å²) in [5.41, 5.74) is 18.5. The van der Waals surface area contributed by atoms with Gasteiger partial charge in [0, 0.05) is 22.1 Å². The summed E-state index contributed by atoms with van der Waals surface area (Å²) in [7, 11) is 0. The van der Waals surface area contributed by atoms with Crippen LogP contribution < -0.4 is 0 Å². The molecule has 0 radical (unpaired) electrons. The van der Waals surface area contributed by atoms with E-state index in [1.807, 2.05) is 18.2 Å². The van der Waals surface area contributed by atoms with Crippen LogP contribution in [-0.4, -0.2) is 9.97 Å². The summed E-state index contributed by atoms with van der Waals surface area (Å²) < 4.78 is 0. The van der Waals surface area contributed by atoms with E-state index in [-0.39, 0.29) is 5.41 Å². The van der Waals surface area contributed by atoms with Gasteiger partial charge >= 0.3 is 0 Å². The van der Waals surface area contributed by atoms with Crippen LogP contribution in [0.4, 0.5) is 0 Å². The van der Waals surface area contributed by atoms with Gasteiger partial charge in [-0.25, -0.2) is 9.97 Å². The minimum atomic E-state index is -0.202. The van der Waals surface area contributed by atoms with Crippen molar-refractivity contribution in [1.29, 1.82) is 0 Å². The fraction of sp³-hybridized carbons (Fsp3) is 0.0345. The van der Waals surface area contributed by atoms with Crippen molar-refractivity contribution in [2.45, 2.75) is 12.3 Å². The molecule has 2 nitrogen and oxygen atoms in total. The van der Waals surface area contributed by atoms with Crippen molar-refractivity contribution in [1.82, 2.24) is 9.97 Å². The molecule has 0 bridgehead atoms. The second-order valence-electron chi connectivity index (χ2n) is 15.9. The molecule has 0 saturated heterocycles. The fourth-order valence-corrected chi connectivity index (χ4v) is 9.32. The Morgan fingerprint density at radius 2 is 0.817 bits per heavy atom. The fourth-order valence-electron chi connectivity index (χ4n) is 9.32. The summed E-state index contributed by atoms with van der Waals surface area (Å²) in [6.07, 6.45) is 0. The molecule has 0 aliphatic heterocycles. The van der Waals surface area contributed by atoms with Gasteiger partial charge in [-0.3, -0.25) is 0 Å². The molecule has 1 heterocycles. The molecule has 60 heavy (non-hydrogen) atoms.